The minimum absolute atomic E-state index is 0. The molecule has 0 saturated carbocycles. The Morgan fingerprint density at radius 2 is 1.22 bits per heavy atom. The molecule has 0 amide bonds. The number of hydrogen-bond donors (Lipinski definition) is 1. The summed E-state index contributed by atoms with van der Waals surface area (Å²) in [6.45, 7) is -4.59. The Kier molecular flexibility index (Phi) is 10.4. The zero-order chi connectivity index (χ0) is 24.6. The van der Waals surface area contributed by atoms with E-state index in [0.29, 0.717) is 30.8 Å². The minimum Gasteiger partial charge on any atom is -0.434 e. The summed E-state index contributed by atoms with van der Waals surface area (Å²) in [5, 5.41) is 3.59. The molecule has 4 rings (SSSR count). The maximum absolute atomic E-state index is 13.0. The molecule has 0 aliphatic carbocycles. The molecule has 0 spiro atoms. The molecule has 36 heavy (non-hydrogen) atoms. The van der Waals surface area contributed by atoms with Crippen molar-refractivity contribution in [1.82, 2.24) is 10.2 Å². The number of hydrogen-bond acceptors (Lipinski definition) is 4. The fraction of sp³-hybridized carbons (Fsp3) is 0.333. The number of benzene rings is 3. The highest BCUT2D eigenvalue weighted by molar-refractivity contribution is 5.85. The van der Waals surface area contributed by atoms with E-state index in [4.69, 9.17) is 9.47 Å². The lowest BCUT2D eigenvalue weighted by Crippen LogP contribution is -2.46. The molecule has 2 atom stereocenters. The average Bonchev–Trinajstić information content (AvgIpc) is 2.86. The minimum atomic E-state index is -2.94. The Hall–Kier alpha value is -2.81. The van der Waals surface area contributed by atoms with E-state index in [1.54, 1.807) is 36.4 Å². The summed E-state index contributed by atoms with van der Waals surface area (Å²) in [6.07, 6.45) is 1.73. The molecule has 1 heterocycles. The van der Waals surface area contributed by atoms with E-state index in [9.17, 15) is 17.6 Å². The third-order valence-electron chi connectivity index (χ3n) is 6.23. The second-order valence-electron chi connectivity index (χ2n) is 8.48. The third-order valence-corrected chi connectivity index (χ3v) is 6.23. The topological polar surface area (TPSA) is 33.7 Å². The first-order valence-corrected chi connectivity index (χ1v) is 11.6. The number of rotatable bonds is 10. The molecule has 4 nitrogen and oxygen atoms in total. The summed E-state index contributed by atoms with van der Waals surface area (Å²) in [6, 6.07) is 23.8. The lowest BCUT2D eigenvalue weighted by molar-refractivity contribution is -0.0509. The van der Waals surface area contributed by atoms with Crippen LogP contribution in [0.4, 0.5) is 17.6 Å². The Labute approximate surface area is 214 Å². The van der Waals surface area contributed by atoms with Gasteiger partial charge in [0.25, 0.3) is 0 Å². The van der Waals surface area contributed by atoms with E-state index < -0.39 is 13.2 Å². The normalized spacial score (nSPS) is 17.8. The van der Waals surface area contributed by atoms with Gasteiger partial charge in [0, 0.05) is 42.8 Å². The van der Waals surface area contributed by atoms with Gasteiger partial charge in [0.2, 0.25) is 0 Å². The van der Waals surface area contributed by atoms with Crippen LogP contribution >= 0.6 is 12.4 Å². The second kappa shape index (κ2) is 13.5. The van der Waals surface area contributed by atoms with E-state index in [1.807, 2.05) is 18.2 Å². The van der Waals surface area contributed by atoms with Gasteiger partial charge < -0.3 is 14.8 Å². The van der Waals surface area contributed by atoms with Crippen LogP contribution in [0.15, 0.2) is 78.9 Å². The average molecular weight is 525 g/mol. The van der Waals surface area contributed by atoms with Crippen LogP contribution in [0.1, 0.15) is 35.6 Å². The standard InChI is InChI=1S/C27H28F4N2O2.ClH/c28-26(29)34-24-12-6-4-10-20(24)17-33(18-21-11-5-7-13-25(21)35-27(30)31)22-14-15-23(32-16-22)19-8-2-1-3-9-19;/h1-13,22-23,26-27,32H,14-18H2;1H. The molecule has 3 aromatic rings. The van der Waals surface area contributed by atoms with E-state index in [2.05, 4.69) is 22.3 Å². The van der Waals surface area contributed by atoms with Gasteiger partial charge in [-0.1, -0.05) is 66.7 Å². The Morgan fingerprint density at radius 1 is 0.722 bits per heavy atom. The number of para-hydroxylation sites is 2. The van der Waals surface area contributed by atoms with Gasteiger partial charge in [0.15, 0.2) is 0 Å². The van der Waals surface area contributed by atoms with Crippen molar-refractivity contribution in [3.8, 4) is 11.5 Å². The summed E-state index contributed by atoms with van der Waals surface area (Å²) in [4.78, 5) is 2.11. The number of alkyl halides is 4. The fourth-order valence-electron chi connectivity index (χ4n) is 4.57. The summed E-state index contributed by atoms with van der Waals surface area (Å²) < 4.78 is 61.4. The molecule has 194 valence electrons. The number of ether oxygens (including phenoxy) is 2. The quantitative estimate of drug-likeness (QED) is 0.295. The number of nitrogens with one attached hydrogen (secondary N) is 1. The van der Waals surface area contributed by atoms with E-state index in [-0.39, 0.29) is 36.0 Å². The molecule has 0 radical (unpaired) electrons. The molecule has 0 bridgehead atoms. The summed E-state index contributed by atoms with van der Waals surface area (Å²) in [5.74, 6) is 0.214. The van der Waals surface area contributed by atoms with Crippen molar-refractivity contribution in [2.24, 2.45) is 0 Å². The molecule has 3 aromatic carbocycles. The van der Waals surface area contributed by atoms with Crippen molar-refractivity contribution in [3.05, 3.63) is 95.6 Å². The van der Waals surface area contributed by atoms with Crippen LogP contribution in [0, 0.1) is 0 Å². The lowest BCUT2D eigenvalue weighted by atomic mass is 9.93. The number of nitrogens with zero attached hydrogens (tertiary/aromatic N) is 1. The van der Waals surface area contributed by atoms with Crippen LogP contribution in [0.3, 0.4) is 0 Å². The zero-order valence-electron chi connectivity index (χ0n) is 19.5. The molecular weight excluding hydrogens is 496 g/mol. The molecule has 2 unspecified atom stereocenters. The smallest absolute Gasteiger partial charge is 0.387 e. The predicted octanol–water partition coefficient (Wildman–Crippen LogP) is 6.81. The maximum Gasteiger partial charge on any atom is 0.387 e. The van der Waals surface area contributed by atoms with Crippen LogP contribution in [0.5, 0.6) is 11.5 Å². The van der Waals surface area contributed by atoms with Crippen LogP contribution in [-0.4, -0.2) is 30.7 Å². The van der Waals surface area contributed by atoms with E-state index in [1.165, 1.54) is 17.7 Å². The monoisotopic (exact) mass is 524 g/mol. The largest absolute Gasteiger partial charge is 0.434 e. The predicted molar refractivity (Wildman–Crippen MR) is 133 cm³/mol. The highest BCUT2D eigenvalue weighted by Gasteiger charge is 2.28. The van der Waals surface area contributed by atoms with Gasteiger partial charge in [-0.15, -0.1) is 12.4 Å². The highest BCUT2D eigenvalue weighted by Crippen LogP contribution is 2.31. The van der Waals surface area contributed by atoms with Crippen LogP contribution in [0.25, 0.3) is 0 Å². The van der Waals surface area contributed by atoms with Crippen molar-refractivity contribution in [3.63, 3.8) is 0 Å². The first-order chi connectivity index (χ1) is 17.0. The molecule has 1 aliphatic heterocycles. The molecular formula is C27H29ClF4N2O2. The van der Waals surface area contributed by atoms with Gasteiger partial charge in [-0.3, -0.25) is 4.90 Å². The molecule has 1 N–H and O–H groups in total. The molecule has 1 fully saturated rings. The van der Waals surface area contributed by atoms with Gasteiger partial charge in [0.1, 0.15) is 11.5 Å². The van der Waals surface area contributed by atoms with Crippen molar-refractivity contribution < 1.29 is 27.0 Å². The first-order valence-electron chi connectivity index (χ1n) is 11.6. The van der Waals surface area contributed by atoms with Gasteiger partial charge in [-0.2, -0.15) is 17.6 Å². The maximum atomic E-state index is 13.0. The summed E-state index contributed by atoms with van der Waals surface area (Å²) in [7, 11) is 0. The molecule has 1 saturated heterocycles. The summed E-state index contributed by atoms with van der Waals surface area (Å²) >= 11 is 0. The number of halogens is 5. The van der Waals surface area contributed by atoms with Crippen LogP contribution in [-0.2, 0) is 13.1 Å². The highest BCUT2D eigenvalue weighted by atomic mass is 35.5. The van der Waals surface area contributed by atoms with Crippen LogP contribution in [0.2, 0.25) is 0 Å². The van der Waals surface area contributed by atoms with Gasteiger partial charge >= 0.3 is 13.2 Å². The van der Waals surface area contributed by atoms with Gasteiger partial charge in [0.05, 0.1) is 0 Å². The van der Waals surface area contributed by atoms with Crippen molar-refractivity contribution in [2.75, 3.05) is 6.54 Å². The fourth-order valence-corrected chi connectivity index (χ4v) is 4.57. The second-order valence-corrected chi connectivity index (χ2v) is 8.48. The Morgan fingerprint density at radius 3 is 1.69 bits per heavy atom. The Balaban J connectivity index is 0.00000361. The SMILES string of the molecule is Cl.FC(F)Oc1ccccc1CN(Cc1ccccc1OC(F)F)C1CCC(c2ccccc2)NC1. The Bertz CT molecular complexity index is 1010. The summed E-state index contributed by atoms with van der Waals surface area (Å²) in [5.41, 5.74) is 2.42. The first kappa shape index (κ1) is 27.8. The molecule has 1 aliphatic rings. The van der Waals surface area contributed by atoms with E-state index >= 15 is 0 Å². The zero-order valence-corrected chi connectivity index (χ0v) is 20.4. The number of piperidine rings is 1. The lowest BCUT2D eigenvalue weighted by Gasteiger charge is -2.38. The van der Waals surface area contributed by atoms with Crippen molar-refractivity contribution in [2.45, 2.75) is 51.2 Å². The van der Waals surface area contributed by atoms with Crippen molar-refractivity contribution in [1.29, 1.82) is 0 Å². The third kappa shape index (κ3) is 7.59. The molecule has 0 aromatic heterocycles. The van der Waals surface area contributed by atoms with Gasteiger partial charge in [-0.05, 0) is 30.5 Å². The van der Waals surface area contributed by atoms with E-state index in [0.717, 1.165) is 12.8 Å². The van der Waals surface area contributed by atoms with Gasteiger partial charge in [-0.25, -0.2) is 0 Å². The van der Waals surface area contributed by atoms with Crippen molar-refractivity contribution >= 4 is 12.4 Å². The molecule has 9 heteroatoms. The van der Waals surface area contributed by atoms with Crippen LogP contribution < -0.4 is 14.8 Å².